The van der Waals surface area contributed by atoms with Crippen LogP contribution in [0.4, 0.5) is 5.69 Å². The molecule has 1 aliphatic carbocycles. The SMILES string of the molecule is COC(=O)C1=C(OC)C(OC)=C(C(=O)OC)C1=CNc1ccc(OC)cc1. The predicted octanol–water partition coefficient (Wildman–Crippen LogP) is 2.15. The predicted molar refractivity (Wildman–Crippen MR) is 96.8 cm³/mol. The van der Waals surface area contributed by atoms with Gasteiger partial charge in [0.1, 0.15) is 16.9 Å². The highest BCUT2D eigenvalue weighted by Crippen LogP contribution is 2.39. The summed E-state index contributed by atoms with van der Waals surface area (Å²) in [5.74, 6) is -0.478. The zero-order valence-electron chi connectivity index (χ0n) is 15.7. The fourth-order valence-electron chi connectivity index (χ4n) is 2.58. The van der Waals surface area contributed by atoms with Gasteiger partial charge in [0, 0.05) is 17.5 Å². The Bertz CT molecular complexity index is 777. The van der Waals surface area contributed by atoms with Gasteiger partial charge in [0.15, 0.2) is 11.5 Å². The van der Waals surface area contributed by atoms with Gasteiger partial charge in [-0.2, -0.15) is 0 Å². The van der Waals surface area contributed by atoms with Gasteiger partial charge in [0.25, 0.3) is 0 Å². The lowest BCUT2D eigenvalue weighted by Crippen LogP contribution is -2.13. The maximum absolute atomic E-state index is 12.3. The van der Waals surface area contributed by atoms with Crippen molar-refractivity contribution in [2.45, 2.75) is 0 Å². The molecule has 27 heavy (non-hydrogen) atoms. The smallest absolute Gasteiger partial charge is 0.342 e. The number of hydrogen-bond acceptors (Lipinski definition) is 8. The topological polar surface area (TPSA) is 92.3 Å². The number of methoxy groups -OCH3 is 5. The molecule has 0 radical (unpaired) electrons. The summed E-state index contributed by atoms with van der Waals surface area (Å²) in [5, 5.41) is 3.03. The highest BCUT2D eigenvalue weighted by atomic mass is 16.5. The third kappa shape index (κ3) is 3.89. The third-order valence-corrected chi connectivity index (χ3v) is 3.86. The largest absolute Gasteiger partial charge is 0.497 e. The van der Waals surface area contributed by atoms with Crippen LogP contribution in [0.2, 0.25) is 0 Å². The highest BCUT2D eigenvalue weighted by Gasteiger charge is 2.40. The average molecular weight is 375 g/mol. The maximum atomic E-state index is 12.3. The first-order chi connectivity index (χ1) is 13.0. The number of carbonyl (C=O) groups excluding carboxylic acids is 2. The fraction of sp³-hybridized carbons (Fsp3) is 0.263. The van der Waals surface area contributed by atoms with E-state index in [9.17, 15) is 9.59 Å². The van der Waals surface area contributed by atoms with Crippen LogP contribution in [0.1, 0.15) is 0 Å². The van der Waals surface area contributed by atoms with E-state index in [4.69, 9.17) is 23.7 Å². The molecule has 0 aliphatic heterocycles. The number of rotatable bonds is 7. The van der Waals surface area contributed by atoms with Crippen LogP contribution in [0, 0.1) is 0 Å². The van der Waals surface area contributed by atoms with Crippen LogP contribution >= 0.6 is 0 Å². The second-order valence-corrected chi connectivity index (χ2v) is 5.23. The van der Waals surface area contributed by atoms with E-state index in [-0.39, 0.29) is 28.2 Å². The van der Waals surface area contributed by atoms with Gasteiger partial charge in [0.05, 0.1) is 35.5 Å². The Morgan fingerprint density at radius 3 is 1.63 bits per heavy atom. The van der Waals surface area contributed by atoms with Gasteiger partial charge in [-0.15, -0.1) is 0 Å². The van der Waals surface area contributed by atoms with Crippen LogP contribution in [0.25, 0.3) is 0 Å². The third-order valence-electron chi connectivity index (χ3n) is 3.86. The number of anilines is 1. The zero-order chi connectivity index (χ0) is 20.0. The summed E-state index contributed by atoms with van der Waals surface area (Å²) < 4.78 is 25.4. The van der Waals surface area contributed by atoms with Crippen LogP contribution in [-0.2, 0) is 28.5 Å². The number of ether oxygens (including phenoxy) is 5. The van der Waals surface area contributed by atoms with Crippen molar-refractivity contribution < 1.29 is 33.3 Å². The van der Waals surface area contributed by atoms with Crippen molar-refractivity contribution in [2.75, 3.05) is 40.9 Å². The van der Waals surface area contributed by atoms with Gasteiger partial charge in [-0.3, -0.25) is 0 Å². The molecule has 0 bridgehead atoms. The summed E-state index contributed by atoms with van der Waals surface area (Å²) in [4.78, 5) is 24.7. The summed E-state index contributed by atoms with van der Waals surface area (Å²) in [7, 11) is 6.78. The maximum Gasteiger partial charge on any atom is 0.342 e. The van der Waals surface area contributed by atoms with Crippen LogP contribution < -0.4 is 10.1 Å². The molecule has 0 spiro atoms. The molecule has 0 atom stereocenters. The van der Waals surface area contributed by atoms with Gasteiger partial charge >= 0.3 is 11.9 Å². The Kier molecular flexibility index (Phi) is 6.48. The first-order valence-electron chi connectivity index (χ1n) is 7.87. The number of esters is 2. The first-order valence-corrected chi connectivity index (χ1v) is 7.87. The van der Waals surface area contributed by atoms with Gasteiger partial charge in [0.2, 0.25) is 0 Å². The molecule has 0 amide bonds. The lowest BCUT2D eigenvalue weighted by molar-refractivity contribution is -0.136. The lowest BCUT2D eigenvalue weighted by Gasteiger charge is -2.09. The average Bonchev–Trinajstić information content (AvgIpc) is 3.04. The van der Waals surface area contributed by atoms with Crippen molar-refractivity contribution in [3.63, 3.8) is 0 Å². The van der Waals surface area contributed by atoms with Crippen molar-refractivity contribution in [2.24, 2.45) is 0 Å². The molecule has 1 aromatic rings. The minimum atomic E-state index is -0.678. The molecule has 1 aromatic carbocycles. The molecule has 2 rings (SSSR count). The molecule has 144 valence electrons. The summed E-state index contributed by atoms with van der Waals surface area (Å²) in [5.41, 5.74) is 1.05. The Labute approximate surface area is 157 Å². The molecule has 0 unspecified atom stereocenters. The van der Waals surface area contributed by atoms with Crippen molar-refractivity contribution in [1.82, 2.24) is 0 Å². The fourth-order valence-corrected chi connectivity index (χ4v) is 2.58. The van der Waals surface area contributed by atoms with Crippen molar-refractivity contribution in [3.8, 4) is 5.75 Å². The standard InChI is InChI=1S/C19H21NO7/c1-23-12-8-6-11(7-9-12)20-10-13-14(18(21)26-4)16(24-2)17(25-3)15(13)19(22)27-5/h6-10,20H,1-5H3. The summed E-state index contributed by atoms with van der Waals surface area (Å²) >= 11 is 0. The Morgan fingerprint density at radius 1 is 0.778 bits per heavy atom. The molecule has 8 heteroatoms. The molecule has 0 fully saturated rings. The number of hydrogen-bond donors (Lipinski definition) is 1. The van der Waals surface area contributed by atoms with E-state index < -0.39 is 11.9 Å². The second kappa shape index (κ2) is 8.79. The van der Waals surface area contributed by atoms with Crippen molar-refractivity contribution >= 4 is 17.6 Å². The minimum absolute atomic E-state index is 0.0539. The normalized spacial score (nSPS) is 13.3. The van der Waals surface area contributed by atoms with Crippen molar-refractivity contribution in [3.05, 3.63) is 58.7 Å². The van der Waals surface area contributed by atoms with E-state index in [1.807, 2.05) is 0 Å². The molecule has 0 heterocycles. The summed E-state index contributed by atoms with van der Waals surface area (Å²) in [6.45, 7) is 0. The first kappa shape index (κ1) is 19.9. The van der Waals surface area contributed by atoms with Crippen LogP contribution in [0.15, 0.2) is 58.7 Å². The number of benzene rings is 1. The molecule has 0 aromatic heterocycles. The summed E-state index contributed by atoms with van der Waals surface area (Å²) in [6, 6.07) is 7.10. The van der Waals surface area contributed by atoms with Gasteiger partial charge in [-0.25, -0.2) is 9.59 Å². The Balaban J connectivity index is 2.54. The monoisotopic (exact) mass is 375 g/mol. The van der Waals surface area contributed by atoms with Gasteiger partial charge in [-0.05, 0) is 24.3 Å². The molecule has 0 saturated carbocycles. The molecular formula is C19H21NO7. The van der Waals surface area contributed by atoms with Crippen LogP contribution in [0.3, 0.4) is 0 Å². The van der Waals surface area contributed by atoms with E-state index in [0.29, 0.717) is 11.4 Å². The number of nitrogens with one attached hydrogen (secondary N) is 1. The zero-order valence-corrected chi connectivity index (χ0v) is 15.7. The van der Waals surface area contributed by atoms with Crippen LogP contribution in [0.5, 0.6) is 5.75 Å². The minimum Gasteiger partial charge on any atom is -0.497 e. The molecule has 1 aliphatic rings. The Morgan fingerprint density at radius 2 is 1.26 bits per heavy atom. The molecular weight excluding hydrogens is 354 g/mol. The van der Waals surface area contributed by atoms with E-state index in [1.54, 1.807) is 31.4 Å². The lowest BCUT2D eigenvalue weighted by atomic mass is 10.0. The number of carbonyl (C=O) groups is 2. The van der Waals surface area contributed by atoms with Crippen molar-refractivity contribution in [1.29, 1.82) is 0 Å². The second-order valence-electron chi connectivity index (χ2n) is 5.23. The highest BCUT2D eigenvalue weighted by molar-refractivity contribution is 6.07. The molecule has 1 N–H and O–H groups in total. The Hall–Kier alpha value is -3.42. The van der Waals surface area contributed by atoms with E-state index in [1.165, 1.54) is 34.6 Å². The van der Waals surface area contributed by atoms with Gasteiger partial charge in [-0.1, -0.05) is 0 Å². The van der Waals surface area contributed by atoms with E-state index in [2.05, 4.69) is 5.32 Å². The van der Waals surface area contributed by atoms with Gasteiger partial charge < -0.3 is 29.0 Å². The van der Waals surface area contributed by atoms with E-state index >= 15 is 0 Å². The van der Waals surface area contributed by atoms with Crippen LogP contribution in [-0.4, -0.2) is 47.5 Å². The van der Waals surface area contributed by atoms with E-state index in [0.717, 1.165) is 0 Å². The molecule has 0 saturated heterocycles. The summed E-state index contributed by atoms with van der Waals surface area (Å²) in [6.07, 6.45) is 1.49. The molecule has 8 nitrogen and oxygen atoms in total. The quantitative estimate of drug-likeness (QED) is 0.725.